The molecule has 1 aromatic heterocycles. The smallest absolute Gasteiger partial charge is 0.0626 e. The van der Waals surface area contributed by atoms with Crippen molar-refractivity contribution < 1.29 is 0 Å². The van der Waals surface area contributed by atoms with Crippen LogP contribution in [-0.2, 0) is 0 Å². The monoisotopic (exact) mass is 692 g/mol. The van der Waals surface area contributed by atoms with E-state index in [-0.39, 0.29) is 0 Å². The third-order valence-electron chi connectivity index (χ3n) is 10.1. The highest BCUT2D eigenvalue weighted by atomic mass is 15.0. The lowest BCUT2D eigenvalue weighted by Crippen LogP contribution is -1.99. The van der Waals surface area contributed by atoms with Gasteiger partial charge >= 0.3 is 0 Å². The molecule has 54 heavy (non-hydrogen) atoms. The largest absolute Gasteiger partial charge is 0.355 e. The zero-order valence-corrected chi connectivity index (χ0v) is 29.5. The molecule has 0 spiro atoms. The molecule has 9 rings (SSSR count). The van der Waals surface area contributed by atoms with Gasteiger partial charge in [0.15, 0.2) is 0 Å². The fourth-order valence-corrected chi connectivity index (χ4v) is 7.62. The molecule has 0 aliphatic heterocycles. The molecular formula is C50H36N4. The molecule has 0 unspecified atom stereocenters. The van der Waals surface area contributed by atoms with Crippen molar-refractivity contribution in [2.45, 2.75) is 0 Å². The van der Waals surface area contributed by atoms with Gasteiger partial charge in [-0.3, -0.25) is 0 Å². The number of nitrogens with zero attached hydrogens (tertiary/aromatic N) is 1. The number of allylic oxidation sites excluding steroid dienone is 3. The van der Waals surface area contributed by atoms with Gasteiger partial charge in [-0.25, -0.2) is 0 Å². The molecule has 0 aliphatic carbocycles. The second-order valence-corrected chi connectivity index (χ2v) is 13.4. The highest BCUT2D eigenvalue weighted by Gasteiger charge is 2.21. The van der Waals surface area contributed by atoms with E-state index in [0.29, 0.717) is 5.71 Å². The van der Waals surface area contributed by atoms with Gasteiger partial charge in [-0.05, 0) is 74.8 Å². The van der Waals surface area contributed by atoms with E-state index in [9.17, 15) is 0 Å². The molecule has 0 aliphatic rings. The first kappa shape index (κ1) is 32.6. The molecule has 9 aromatic rings. The Kier molecular flexibility index (Phi) is 8.46. The van der Waals surface area contributed by atoms with Crippen LogP contribution in [0, 0.1) is 10.8 Å². The van der Waals surface area contributed by atoms with Gasteiger partial charge in [-0.15, -0.1) is 0 Å². The third-order valence-corrected chi connectivity index (χ3v) is 10.1. The Morgan fingerprint density at radius 2 is 1.20 bits per heavy atom. The number of nitrogens with one attached hydrogen (secondary N) is 3. The van der Waals surface area contributed by atoms with Crippen molar-refractivity contribution in [3.05, 3.63) is 210 Å². The zero-order valence-electron chi connectivity index (χ0n) is 29.5. The van der Waals surface area contributed by atoms with Crippen LogP contribution in [0.1, 0.15) is 22.3 Å². The number of fused-ring (bicyclic) bond motifs is 7. The van der Waals surface area contributed by atoms with E-state index < -0.39 is 0 Å². The molecule has 256 valence electrons. The second-order valence-electron chi connectivity index (χ2n) is 13.4. The van der Waals surface area contributed by atoms with Crippen LogP contribution < -0.4 is 5.32 Å². The van der Waals surface area contributed by atoms with Crippen LogP contribution in [0.15, 0.2) is 188 Å². The molecule has 0 atom stereocenters. The molecule has 8 aromatic carbocycles. The van der Waals surface area contributed by atoms with E-state index in [0.717, 1.165) is 72.1 Å². The quantitative estimate of drug-likeness (QED) is 0.0787. The molecule has 0 saturated carbocycles. The molecule has 0 amide bonds. The summed E-state index contributed by atoms with van der Waals surface area (Å²) in [6, 6.07) is 60.4. The summed E-state index contributed by atoms with van der Waals surface area (Å²) < 4.78 is 2.39. The maximum absolute atomic E-state index is 8.96. The Bertz CT molecular complexity index is 2920. The Hall–Kier alpha value is -7.30. The molecule has 0 bridgehead atoms. The van der Waals surface area contributed by atoms with Gasteiger partial charge in [0.05, 0.1) is 22.4 Å². The molecule has 1 heterocycles. The lowest BCUT2D eigenvalue weighted by molar-refractivity contribution is 1.18. The summed E-state index contributed by atoms with van der Waals surface area (Å²) in [5.74, 6) is 0. The van der Waals surface area contributed by atoms with E-state index in [2.05, 4.69) is 119 Å². The SMILES string of the molecule is N=Cc1c(Nc2ccccc2)ccc2c1c1ccc3ccc4ccccc4c3c1n2-c1ccccc1/C=C/C(=C\C(=N)c1ccccc1)c1ccccc1. The van der Waals surface area contributed by atoms with Crippen LogP contribution in [-0.4, -0.2) is 16.5 Å². The van der Waals surface area contributed by atoms with Crippen LogP contribution in [0.2, 0.25) is 0 Å². The van der Waals surface area contributed by atoms with Crippen LogP contribution in [0.4, 0.5) is 11.4 Å². The first-order valence-electron chi connectivity index (χ1n) is 18.1. The normalized spacial score (nSPS) is 11.9. The molecule has 0 fully saturated rings. The molecule has 4 nitrogen and oxygen atoms in total. The minimum atomic E-state index is 0.451. The summed E-state index contributed by atoms with van der Waals surface area (Å²) in [7, 11) is 0. The predicted molar refractivity (Wildman–Crippen MR) is 230 cm³/mol. The third kappa shape index (κ3) is 5.86. The Morgan fingerprint density at radius 1 is 0.556 bits per heavy atom. The van der Waals surface area contributed by atoms with Crippen molar-refractivity contribution in [2.75, 3.05) is 5.32 Å². The predicted octanol–water partition coefficient (Wildman–Crippen LogP) is 13.0. The van der Waals surface area contributed by atoms with E-state index in [4.69, 9.17) is 10.8 Å². The van der Waals surface area contributed by atoms with E-state index in [1.54, 1.807) is 0 Å². The first-order chi connectivity index (χ1) is 26.7. The lowest BCUT2D eigenvalue weighted by atomic mass is 9.98. The minimum absolute atomic E-state index is 0.451. The molecule has 0 saturated heterocycles. The number of anilines is 2. The zero-order chi connectivity index (χ0) is 36.4. The minimum Gasteiger partial charge on any atom is -0.355 e. The van der Waals surface area contributed by atoms with Crippen molar-refractivity contribution in [3.8, 4) is 5.69 Å². The molecular weight excluding hydrogens is 657 g/mol. The summed E-state index contributed by atoms with van der Waals surface area (Å²) in [6.45, 7) is 0. The lowest BCUT2D eigenvalue weighted by Gasteiger charge is -2.15. The summed E-state index contributed by atoms with van der Waals surface area (Å²) >= 11 is 0. The fourth-order valence-electron chi connectivity index (χ4n) is 7.62. The maximum Gasteiger partial charge on any atom is 0.0626 e. The second kappa shape index (κ2) is 14.0. The number of para-hydroxylation sites is 2. The van der Waals surface area contributed by atoms with Gasteiger partial charge in [0.2, 0.25) is 0 Å². The fraction of sp³-hybridized carbons (Fsp3) is 0. The van der Waals surface area contributed by atoms with Gasteiger partial charge in [-0.1, -0.05) is 158 Å². The van der Waals surface area contributed by atoms with Crippen molar-refractivity contribution >= 4 is 78.3 Å². The van der Waals surface area contributed by atoms with Crippen LogP contribution in [0.5, 0.6) is 0 Å². The Morgan fingerprint density at radius 3 is 1.98 bits per heavy atom. The van der Waals surface area contributed by atoms with E-state index in [1.165, 1.54) is 22.4 Å². The molecule has 4 heteroatoms. The van der Waals surface area contributed by atoms with Gasteiger partial charge in [0, 0.05) is 39.3 Å². The molecule has 3 N–H and O–H groups in total. The van der Waals surface area contributed by atoms with Crippen molar-refractivity contribution in [3.63, 3.8) is 0 Å². The van der Waals surface area contributed by atoms with Crippen LogP contribution in [0.25, 0.3) is 60.7 Å². The average Bonchev–Trinajstić information content (AvgIpc) is 3.57. The Balaban J connectivity index is 1.31. The average molecular weight is 693 g/mol. The van der Waals surface area contributed by atoms with Crippen molar-refractivity contribution in [1.29, 1.82) is 10.8 Å². The number of hydrogen-bond acceptors (Lipinski definition) is 3. The number of aromatic nitrogens is 1. The van der Waals surface area contributed by atoms with Crippen LogP contribution >= 0.6 is 0 Å². The molecule has 0 radical (unpaired) electrons. The summed E-state index contributed by atoms with van der Waals surface area (Å²) in [5, 5.41) is 28.1. The van der Waals surface area contributed by atoms with Gasteiger partial charge < -0.3 is 20.7 Å². The first-order valence-corrected chi connectivity index (χ1v) is 18.1. The number of hydrogen-bond donors (Lipinski definition) is 3. The topological polar surface area (TPSA) is 64.7 Å². The standard InChI is InChI=1S/C50H36N4/c51-33-43-45(53-40-20-8-3-9-21-40)30-31-47-49(43)42-29-28-38-26-24-35-16-10-12-22-41(35)48(38)50(42)54(47)46-23-13-11-19-37(46)25-27-39(34-14-4-1-5-15-34)32-44(52)36-17-6-2-7-18-36/h1-33,51-53H/b27-25+,39-32+,51-33?,52-44?. The number of rotatable bonds is 9. The van der Waals surface area contributed by atoms with Gasteiger partial charge in [0.25, 0.3) is 0 Å². The number of benzene rings is 8. The van der Waals surface area contributed by atoms with E-state index >= 15 is 0 Å². The Labute approximate surface area is 314 Å². The van der Waals surface area contributed by atoms with Crippen molar-refractivity contribution in [1.82, 2.24) is 4.57 Å². The van der Waals surface area contributed by atoms with Crippen molar-refractivity contribution in [2.24, 2.45) is 0 Å². The van der Waals surface area contributed by atoms with Gasteiger partial charge in [-0.2, -0.15) is 0 Å². The summed E-state index contributed by atoms with van der Waals surface area (Å²) in [4.78, 5) is 0. The van der Waals surface area contributed by atoms with Gasteiger partial charge in [0.1, 0.15) is 0 Å². The summed E-state index contributed by atoms with van der Waals surface area (Å²) in [5.41, 5.74) is 10.2. The van der Waals surface area contributed by atoms with E-state index in [1.807, 2.05) is 84.9 Å². The van der Waals surface area contributed by atoms with Crippen LogP contribution in [0.3, 0.4) is 0 Å². The highest BCUT2D eigenvalue weighted by molar-refractivity contribution is 6.28. The maximum atomic E-state index is 8.96. The highest BCUT2D eigenvalue weighted by Crippen LogP contribution is 2.43. The summed E-state index contributed by atoms with van der Waals surface area (Å²) in [6.07, 6.45) is 7.71.